The van der Waals surface area contributed by atoms with E-state index < -0.39 is 6.04 Å². The van der Waals surface area contributed by atoms with Gasteiger partial charge in [0.1, 0.15) is 0 Å². The largest absolute Gasteiger partial charge is 0.368 e. The van der Waals surface area contributed by atoms with Gasteiger partial charge in [-0.3, -0.25) is 4.79 Å². The topological polar surface area (TPSA) is 69.1 Å². The molecule has 0 bridgehead atoms. The molecule has 0 aliphatic heterocycles. The van der Waals surface area contributed by atoms with Crippen molar-refractivity contribution in [2.24, 2.45) is 23.3 Å². The number of amides is 1. The second kappa shape index (κ2) is 3.90. The molecule has 1 unspecified atom stereocenters. The highest BCUT2D eigenvalue weighted by molar-refractivity contribution is 5.79. The molecule has 0 aromatic carbocycles. The zero-order chi connectivity index (χ0) is 9.14. The predicted octanol–water partition coefficient (Wildman–Crippen LogP) is 0.625. The van der Waals surface area contributed by atoms with Gasteiger partial charge in [-0.1, -0.05) is 19.8 Å². The fourth-order valence-corrected chi connectivity index (χ4v) is 1.88. The van der Waals surface area contributed by atoms with E-state index in [2.05, 4.69) is 6.92 Å². The number of rotatable bonds is 2. The lowest BCUT2D eigenvalue weighted by Crippen LogP contribution is -2.43. The molecular weight excluding hydrogens is 152 g/mol. The Morgan fingerprint density at radius 1 is 1.33 bits per heavy atom. The second-order valence-electron chi connectivity index (χ2n) is 3.95. The van der Waals surface area contributed by atoms with Crippen molar-refractivity contribution < 1.29 is 4.79 Å². The summed E-state index contributed by atoms with van der Waals surface area (Å²) in [7, 11) is 0. The summed E-state index contributed by atoms with van der Waals surface area (Å²) in [6.07, 6.45) is 4.49. The summed E-state index contributed by atoms with van der Waals surface area (Å²) < 4.78 is 0. The van der Waals surface area contributed by atoms with Crippen molar-refractivity contribution in [1.82, 2.24) is 0 Å². The molecule has 1 aliphatic rings. The normalized spacial score (nSPS) is 32.8. The van der Waals surface area contributed by atoms with Gasteiger partial charge in [0.25, 0.3) is 0 Å². The van der Waals surface area contributed by atoms with Gasteiger partial charge < -0.3 is 11.5 Å². The highest BCUT2D eigenvalue weighted by atomic mass is 16.1. The first-order valence-electron chi connectivity index (χ1n) is 4.66. The lowest BCUT2D eigenvalue weighted by Gasteiger charge is -2.28. The Balaban J connectivity index is 2.39. The molecule has 0 radical (unpaired) electrons. The molecule has 1 fully saturated rings. The van der Waals surface area contributed by atoms with Crippen LogP contribution in [0.15, 0.2) is 0 Å². The van der Waals surface area contributed by atoms with E-state index in [1.54, 1.807) is 0 Å². The first-order valence-corrected chi connectivity index (χ1v) is 4.66. The lowest BCUT2D eigenvalue weighted by molar-refractivity contribution is -0.120. The van der Waals surface area contributed by atoms with E-state index in [0.717, 1.165) is 18.8 Å². The predicted molar refractivity (Wildman–Crippen MR) is 48.3 cm³/mol. The van der Waals surface area contributed by atoms with E-state index >= 15 is 0 Å². The van der Waals surface area contributed by atoms with Crippen LogP contribution in [0.4, 0.5) is 0 Å². The fraction of sp³-hybridized carbons (Fsp3) is 0.889. The van der Waals surface area contributed by atoms with Crippen molar-refractivity contribution in [1.29, 1.82) is 0 Å². The summed E-state index contributed by atoms with van der Waals surface area (Å²) in [6, 6.07) is -0.419. The van der Waals surface area contributed by atoms with E-state index in [9.17, 15) is 4.79 Å². The van der Waals surface area contributed by atoms with E-state index in [0.29, 0.717) is 5.92 Å². The molecule has 0 heterocycles. The van der Waals surface area contributed by atoms with Crippen LogP contribution in [0.5, 0.6) is 0 Å². The van der Waals surface area contributed by atoms with Crippen molar-refractivity contribution in [3.05, 3.63) is 0 Å². The Labute approximate surface area is 73.5 Å². The van der Waals surface area contributed by atoms with Gasteiger partial charge in [0, 0.05) is 0 Å². The molecule has 1 aliphatic carbocycles. The molecule has 1 rings (SSSR count). The molecule has 1 amide bonds. The summed E-state index contributed by atoms with van der Waals surface area (Å²) in [6.45, 7) is 2.24. The molecule has 3 heteroatoms. The van der Waals surface area contributed by atoms with Gasteiger partial charge in [0.15, 0.2) is 0 Å². The molecule has 1 saturated carbocycles. The number of hydrogen-bond acceptors (Lipinski definition) is 2. The Morgan fingerprint density at radius 3 is 2.25 bits per heavy atom. The fourth-order valence-electron chi connectivity index (χ4n) is 1.88. The third kappa shape index (κ3) is 2.21. The van der Waals surface area contributed by atoms with Crippen LogP contribution >= 0.6 is 0 Å². The van der Waals surface area contributed by atoms with Crippen molar-refractivity contribution in [3.63, 3.8) is 0 Å². The van der Waals surface area contributed by atoms with E-state index in [-0.39, 0.29) is 5.91 Å². The van der Waals surface area contributed by atoms with Crippen LogP contribution in [-0.2, 0) is 4.79 Å². The molecule has 0 saturated heterocycles. The van der Waals surface area contributed by atoms with Crippen LogP contribution in [0, 0.1) is 11.8 Å². The van der Waals surface area contributed by atoms with E-state index in [1.807, 2.05) is 0 Å². The van der Waals surface area contributed by atoms with E-state index in [1.165, 1.54) is 12.8 Å². The number of nitrogens with two attached hydrogens (primary N) is 2. The molecule has 0 spiro atoms. The van der Waals surface area contributed by atoms with Crippen molar-refractivity contribution >= 4 is 5.91 Å². The molecule has 4 N–H and O–H groups in total. The minimum atomic E-state index is -0.419. The van der Waals surface area contributed by atoms with Crippen LogP contribution in [0.25, 0.3) is 0 Å². The zero-order valence-electron chi connectivity index (χ0n) is 7.62. The molecule has 1 atom stereocenters. The molecule has 0 aromatic rings. The maximum Gasteiger partial charge on any atom is 0.234 e. The van der Waals surface area contributed by atoms with Gasteiger partial charge in [-0.15, -0.1) is 0 Å². The number of carbonyl (C=O) groups is 1. The average Bonchev–Trinajstić information content (AvgIpc) is 2.04. The molecule has 70 valence electrons. The van der Waals surface area contributed by atoms with Crippen LogP contribution in [0.2, 0.25) is 0 Å². The number of hydrogen-bond donors (Lipinski definition) is 2. The Hall–Kier alpha value is -0.570. The van der Waals surface area contributed by atoms with E-state index in [4.69, 9.17) is 11.5 Å². The SMILES string of the molecule is CC1CCC(C(N)C(N)=O)CC1. The third-order valence-electron chi connectivity index (χ3n) is 2.90. The summed E-state index contributed by atoms with van der Waals surface area (Å²) in [5.41, 5.74) is 10.8. The summed E-state index contributed by atoms with van der Waals surface area (Å²) >= 11 is 0. The second-order valence-corrected chi connectivity index (χ2v) is 3.95. The smallest absolute Gasteiger partial charge is 0.234 e. The van der Waals surface area contributed by atoms with Gasteiger partial charge in [0.05, 0.1) is 6.04 Å². The summed E-state index contributed by atoms with van der Waals surface area (Å²) in [5, 5.41) is 0. The van der Waals surface area contributed by atoms with Crippen LogP contribution < -0.4 is 11.5 Å². The van der Waals surface area contributed by atoms with Crippen molar-refractivity contribution in [2.45, 2.75) is 38.6 Å². The lowest BCUT2D eigenvalue weighted by atomic mass is 9.79. The minimum absolute atomic E-state index is 0.332. The standard InChI is InChI=1S/C9H18N2O/c1-6-2-4-7(5-3-6)8(10)9(11)12/h6-8H,2-5,10H2,1H3,(H2,11,12). The highest BCUT2D eigenvalue weighted by Crippen LogP contribution is 2.29. The van der Waals surface area contributed by atoms with Crippen LogP contribution in [-0.4, -0.2) is 11.9 Å². The first-order chi connectivity index (χ1) is 5.61. The maximum atomic E-state index is 10.8. The van der Waals surface area contributed by atoms with Gasteiger partial charge in [-0.25, -0.2) is 0 Å². The summed E-state index contributed by atoms with van der Waals surface area (Å²) in [4.78, 5) is 10.8. The number of carbonyl (C=O) groups excluding carboxylic acids is 1. The Morgan fingerprint density at radius 2 is 1.83 bits per heavy atom. The third-order valence-corrected chi connectivity index (χ3v) is 2.90. The Bertz CT molecular complexity index is 162. The monoisotopic (exact) mass is 170 g/mol. The number of primary amides is 1. The molecule has 3 nitrogen and oxygen atoms in total. The highest BCUT2D eigenvalue weighted by Gasteiger charge is 2.26. The molecule has 0 aromatic heterocycles. The first kappa shape index (κ1) is 9.52. The Kier molecular flexibility index (Phi) is 3.09. The molecule has 12 heavy (non-hydrogen) atoms. The van der Waals surface area contributed by atoms with Crippen molar-refractivity contribution in [2.75, 3.05) is 0 Å². The average molecular weight is 170 g/mol. The van der Waals surface area contributed by atoms with Gasteiger partial charge in [-0.2, -0.15) is 0 Å². The zero-order valence-corrected chi connectivity index (χ0v) is 7.62. The molecular formula is C9H18N2O. The van der Waals surface area contributed by atoms with Gasteiger partial charge >= 0.3 is 0 Å². The van der Waals surface area contributed by atoms with Gasteiger partial charge in [-0.05, 0) is 24.7 Å². The van der Waals surface area contributed by atoms with Gasteiger partial charge in [0.2, 0.25) is 5.91 Å². The van der Waals surface area contributed by atoms with Crippen LogP contribution in [0.1, 0.15) is 32.6 Å². The van der Waals surface area contributed by atoms with Crippen molar-refractivity contribution in [3.8, 4) is 0 Å². The summed E-state index contributed by atoms with van der Waals surface area (Å²) in [5.74, 6) is 0.773. The van der Waals surface area contributed by atoms with Crippen LogP contribution in [0.3, 0.4) is 0 Å². The minimum Gasteiger partial charge on any atom is -0.368 e. The maximum absolute atomic E-state index is 10.8. The quantitative estimate of drug-likeness (QED) is 0.638.